The smallest absolute Gasteiger partial charge is 0.417 e. The molecule has 0 bridgehead atoms. The third kappa shape index (κ3) is 3.45. The first-order valence-electron chi connectivity index (χ1n) is 11.2. The Kier molecular flexibility index (Phi) is 4.45. The molecule has 12 heteroatoms. The number of aromatic nitrogens is 3. The number of pyridine rings is 1. The number of ketones is 1. The molecule has 0 spiro atoms. The third-order valence-corrected chi connectivity index (χ3v) is 7.14. The molecule has 3 unspecified atom stereocenters. The Bertz CT molecular complexity index is 1670. The third-order valence-electron chi connectivity index (χ3n) is 6.83. The first kappa shape index (κ1) is 22.1. The summed E-state index contributed by atoms with van der Waals surface area (Å²) in [7, 11) is 0. The van der Waals surface area contributed by atoms with Crippen molar-refractivity contribution in [3.8, 4) is 17.2 Å². The molecule has 2 N–H and O–H groups in total. The number of fused-ring (bicyclic) bond motifs is 5. The molecular formula is C25H14ClF3N4O4. The van der Waals surface area contributed by atoms with E-state index < -0.39 is 28.5 Å². The Balaban J connectivity index is 1.17. The van der Waals surface area contributed by atoms with Gasteiger partial charge in [0.05, 0.1) is 27.5 Å². The predicted octanol–water partition coefficient (Wildman–Crippen LogP) is 5.13. The number of ether oxygens (including phenoxy) is 2. The van der Waals surface area contributed by atoms with E-state index in [1.165, 1.54) is 12.3 Å². The van der Waals surface area contributed by atoms with Gasteiger partial charge in [-0.1, -0.05) is 11.6 Å². The highest BCUT2D eigenvalue weighted by molar-refractivity contribution is 6.42. The van der Waals surface area contributed by atoms with E-state index in [2.05, 4.69) is 20.3 Å². The van der Waals surface area contributed by atoms with Crippen LogP contribution in [0.3, 0.4) is 0 Å². The molecule has 4 heterocycles. The molecule has 0 saturated heterocycles. The zero-order valence-electron chi connectivity index (χ0n) is 18.5. The van der Waals surface area contributed by atoms with Gasteiger partial charge in [-0.05, 0) is 36.4 Å². The number of carbonyl (C=O) groups is 2. The van der Waals surface area contributed by atoms with Crippen molar-refractivity contribution in [2.75, 3.05) is 5.32 Å². The fourth-order valence-electron chi connectivity index (χ4n) is 5.05. The predicted molar refractivity (Wildman–Crippen MR) is 124 cm³/mol. The van der Waals surface area contributed by atoms with Gasteiger partial charge in [0.25, 0.3) is 5.91 Å². The summed E-state index contributed by atoms with van der Waals surface area (Å²) >= 11 is 5.84. The van der Waals surface area contributed by atoms with Crippen LogP contribution in [-0.4, -0.2) is 32.7 Å². The number of amides is 1. The maximum absolute atomic E-state index is 13.2. The van der Waals surface area contributed by atoms with Crippen LogP contribution in [0.15, 0.2) is 42.6 Å². The van der Waals surface area contributed by atoms with Gasteiger partial charge in [0.2, 0.25) is 5.78 Å². The van der Waals surface area contributed by atoms with Crippen LogP contribution in [0.5, 0.6) is 17.2 Å². The molecule has 1 saturated carbocycles. The van der Waals surface area contributed by atoms with Crippen LogP contribution in [0.4, 0.5) is 19.0 Å². The van der Waals surface area contributed by atoms with Gasteiger partial charge in [0, 0.05) is 29.7 Å². The van der Waals surface area contributed by atoms with Crippen LogP contribution in [0, 0.1) is 0 Å². The number of halogens is 4. The van der Waals surface area contributed by atoms with Crippen molar-refractivity contribution < 1.29 is 32.2 Å². The number of aromatic amines is 1. The number of hydrogen-bond donors (Lipinski definition) is 2. The lowest BCUT2D eigenvalue weighted by Crippen LogP contribution is -2.30. The summed E-state index contributed by atoms with van der Waals surface area (Å²) in [4.78, 5) is 35.1. The number of anilines is 1. The van der Waals surface area contributed by atoms with Gasteiger partial charge in [-0.25, -0.2) is 9.97 Å². The number of hydrogen-bond acceptors (Lipinski definition) is 6. The zero-order chi connectivity index (χ0) is 25.6. The molecular weight excluding hydrogens is 513 g/mol. The Morgan fingerprint density at radius 3 is 2.76 bits per heavy atom. The molecule has 3 atom stereocenters. The molecule has 3 aliphatic rings. The van der Waals surface area contributed by atoms with Crippen LogP contribution < -0.4 is 14.8 Å². The Labute approximate surface area is 210 Å². The lowest BCUT2D eigenvalue weighted by atomic mass is 10.0. The lowest BCUT2D eigenvalue weighted by Gasteiger charge is -2.18. The molecule has 1 fully saturated rings. The van der Waals surface area contributed by atoms with Gasteiger partial charge < -0.3 is 19.8 Å². The van der Waals surface area contributed by atoms with E-state index >= 15 is 0 Å². The first-order chi connectivity index (χ1) is 17.7. The highest BCUT2D eigenvalue weighted by atomic mass is 35.5. The van der Waals surface area contributed by atoms with E-state index in [1.54, 1.807) is 18.2 Å². The second-order valence-corrected chi connectivity index (χ2v) is 9.50. The van der Waals surface area contributed by atoms with E-state index in [0.717, 1.165) is 11.6 Å². The maximum Gasteiger partial charge on any atom is 0.417 e. The molecule has 1 aliphatic carbocycles. The summed E-state index contributed by atoms with van der Waals surface area (Å²) in [6, 6.07) is 9.14. The molecule has 37 heavy (non-hydrogen) atoms. The molecule has 8 nitrogen and oxygen atoms in total. The average molecular weight is 527 g/mol. The quantitative estimate of drug-likeness (QED) is 0.359. The van der Waals surface area contributed by atoms with Crippen LogP contribution >= 0.6 is 11.6 Å². The van der Waals surface area contributed by atoms with Gasteiger partial charge in [0.1, 0.15) is 35.0 Å². The topological polar surface area (TPSA) is 106 Å². The molecule has 2 aromatic heterocycles. The van der Waals surface area contributed by atoms with Crippen LogP contribution in [-0.2, 0) is 22.2 Å². The SMILES string of the molecule is O=C1Cc2c(Oc3ccc4c(c3)C3C(O4)C3c3nc4cc(Cl)c(C(F)(F)F)cc4[nH]3)ccnc2NC1=O. The number of Topliss-reactive ketones (excluding diaryl/α,β-unsaturated/α-hetero) is 1. The van der Waals surface area contributed by atoms with Crippen LogP contribution in [0.2, 0.25) is 5.02 Å². The number of imidazole rings is 1. The van der Waals surface area contributed by atoms with E-state index in [4.69, 9.17) is 21.1 Å². The minimum atomic E-state index is -4.57. The van der Waals surface area contributed by atoms with Crippen LogP contribution in [0.25, 0.3) is 11.0 Å². The van der Waals surface area contributed by atoms with Crippen molar-refractivity contribution in [2.24, 2.45) is 0 Å². The Morgan fingerprint density at radius 1 is 1.11 bits per heavy atom. The zero-order valence-corrected chi connectivity index (χ0v) is 19.3. The summed E-state index contributed by atoms with van der Waals surface area (Å²) < 4.78 is 51.8. The molecule has 186 valence electrons. The van der Waals surface area contributed by atoms with Gasteiger partial charge in [-0.3, -0.25) is 9.59 Å². The van der Waals surface area contributed by atoms with Crippen molar-refractivity contribution in [2.45, 2.75) is 30.5 Å². The van der Waals surface area contributed by atoms with Gasteiger partial charge in [-0.15, -0.1) is 0 Å². The van der Waals surface area contributed by atoms with Gasteiger partial charge in [-0.2, -0.15) is 13.2 Å². The number of nitrogens with zero attached hydrogens (tertiary/aromatic N) is 2. The van der Waals surface area contributed by atoms with Gasteiger partial charge >= 0.3 is 6.18 Å². The van der Waals surface area contributed by atoms with Crippen molar-refractivity contribution in [1.82, 2.24) is 15.0 Å². The minimum absolute atomic E-state index is 0.0520. The van der Waals surface area contributed by atoms with Crippen LogP contribution in [0.1, 0.15) is 34.4 Å². The van der Waals surface area contributed by atoms with E-state index in [1.807, 2.05) is 6.07 Å². The summed E-state index contributed by atoms with van der Waals surface area (Å²) in [5.41, 5.74) is 1.05. The maximum atomic E-state index is 13.2. The number of alkyl halides is 3. The van der Waals surface area contributed by atoms with Gasteiger partial charge in [0.15, 0.2) is 0 Å². The molecule has 7 rings (SSSR count). The summed E-state index contributed by atoms with van der Waals surface area (Å²) in [6.07, 6.45) is -3.41. The largest absolute Gasteiger partial charge is 0.489 e. The summed E-state index contributed by atoms with van der Waals surface area (Å²) in [5.74, 6) is 0.895. The van der Waals surface area contributed by atoms with E-state index in [-0.39, 0.29) is 35.7 Å². The number of H-pyrrole nitrogens is 1. The van der Waals surface area contributed by atoms with E-state index in [0.29, 0.717) is 34.2 Å². The second kappa shape index (κ2) is 7.45. The molecule has 0 radical (unpaired) electrons. The molecule has 2 aliphatic heterocycles. The average Bonchev–Trinajstić information content (AvgIpc) is 3.19. The minimum Gasteiger partial charge on any atom is -0.489 e. The second-order valence-electron chi connectivity index (χ2n) is 9.10. The first-order valence-corrected chi connectivity index (χ1v) is 11.6. The molecule has 2 aromatic carbocycles. The number of carbonyl (C=O) groups excluding carboxylic acids is 2. The number of rotatable bonds is 3. The Morgan fingerprint density at radius 2 is 1.95 bits per heavy atom. The van der Waals surface area contributed by atoms with Crippen molar-refractivity contribution in [3.63, 3.8) is 0 Å². The lowest BCUT2D eigenvalue weighted by molar-refractivity contribution is -0.137. The molecule has 1 amide bonds. The highest BCUT2D eigenvalue weighted by Crippen LogP contribution is 2.63. The van der Waals surface area contributed by atoms with E-state index in [9.17, 15) is 22.8 Å². The normalized spacial score (nSPS) is 21.7. The van der Waals surface area contributed by atoms with Crippen molar-refractivity contribution in [1.29, 1.82) is 0 Å². The number of nitrogens with one attached hydrogen (secondary N) is 2. The van der Waals surface area contributed by atoms with Crippen molar-refractivity contribution in [3.05, 3.63) is 70.1 Å². The monoisotopic (exact) mass is 526 g/mol. The van der Waals surface area contributed by atoms with Crippen molar-refractivity contribution >= 4 is 40.1 Å². The molecule has 4 aromatic rings. The fraction of sp³-hybridized carbons (Fsp3) is 0.200. The summed E-state index contributed by atoms with van der Waals surface area (Å²) in [5, 5.41) is 2.06. The number of benzene rings is 2. The Hall–Kier alpha value is -4.12. The fourth-order valence-corrected chi connectivity index (χ4v) is 5.32. The standard InChI is InChI=1S/C25H14ClF3N4O4/c26-13-8-15-14(7-12(13)25(27,28)29)31-23(32-15)20-19-10-5-9(1-2-17(10)37-21(19)20)36-18-3-4-30-22-11(18)6-16(34)24(35)33-22/h1-5,7-8,19-21H,6H2,(H,31,32)(H,30,33,35). The highest BCUT2D eigenvalue weighted by Gasteiger charge is 2.61. The summed E-state index contributed by atoms with van der Waals surface area (Å²) in [6.45, 7) is 0.